The molecule has 2 unspecified atom stereocenters. The summed E-state index contributed by atoms with van der Waals surface area (Å²) >= 11 is 15.3. The van der Waals surface area contributed by atoms with Gasteiger partial charge in [-0.25, -0.2) is 4.39 Å². The van der Waals surface area contributed by atoms with E-state index in [-0.39, 0.29) is 12.1 Å². The Morgan fingerprint density at radius 3 is 2.52 bits per heavy atom. The minimum Gasteiger partial charge on any atom is -0.388 e. The van der Waals surface area contributed by atoms with E-state index in [4.69, 9.17) is 28.9 Å². The van der Waals surface area contributed by atoms with E-state index >= 15 is 0 Å². The largest absolute Gasteiger partial charge is 0.388 e. The average Bonchev–Trinajstić information content (AvgIpc) is 2.41. The lowest BCUT2D eigenvalue weighted by Crippen LogP contribution is -2.21. The molecule has 0 aromatic heterocycles. The predicted molar refractivity (Wildman–Crippen MR) is 87.3 cm³/mol. The fraction of sp³-hybridized carbons (Fsp3) is 0.200. The Bertz CT molecular complexity index is 633. The van der Waals surface area contributed by atoms with Crippen LogP contribution in [0.3, 0.4) is 0 Å². The second-order valence-corrected chi connectivity index (χ2v) is 6.29. The normalized spacial score (nSPS) is 14.0. The van der Waals surface area contributed by atoms with Gasteiger partial charge in [0.05, 0.1) is 6.10 Å². The fourth-order valence-electron chi connectivity index (χ4n) is 2.22. The number of aliphatic hydroxyl groups is 1. The van der Waals surface area contributed by atoms with Gasteiger partial charge in [-0.05, 0) is 29.8 Å². The lowest BCUT2D eigenvalue weighted by Gasteiger charge is -2.24. The van der Waals surface area contributed by atoms with Gasteiger partial charge >= 0.3 is 0 Å². The van der Waals surface area contributed by atoms with Crippen molar-refractivity contribution >= 4 is 39.1 Å². The summed E-state index contributed by atoms with van der Waals surface area (Å²) in [6.45, 7) is 0.114. The maximum absolute atomic E-state index is 14.0. The van der Waals surface area contributed by atoms with E-state index in [1.807, 2.05) is 0 Å². The van der Waals surface area contributed by atoms with Gasteiger partial charge in [0.2, 0.25) is 0 Å². The summed E-state index contributed by atoms with van der Waals surface area (Å²) in [5.74, 6) is -1.04. The molecule has 0 aliphatic rings. The Morgan fingerprint density at radius 2 is 1.95 bits per heavy atom. The molecule has 2 aromatic rings. The second-order valence-electron chi connectivity index (χ2n) is 4.59. The van der Waals surface area contributed by atoms with Crippen LogP contribution in [0.15, 0.2) is 40.9 Å². The highest BCUT2D eigenvalue weighted by molar-refractivity contribution is 9.10. The van der Waals surface area contributed by atoms with Crippen molar-refractivity contribution in [1.82, 2.24) is 0 Å². The summed E-state index contributed by atoms with van der Waals surface area (Å²) in [5, 5.41) is 11.4. The molecule has 0 saturated heterocycles. The van der Waals surface area contributed by atoms with Gasteiger partial charge in [0, 0.05) is 32.5 Å². The van der Waals surface area contributed by atoms with E-state index in [0.29, 0.717) is 20.1 Å². The van der Waals surface area contributed by atoms with Crippen LogP contribution in [0, 0.1) is 5.82 Å². The van der Waals surface area contributed by atoms with E-state index < -0.39 is 17.8 Å². The van der Waals surface area contributed by atoms with Crippen LogP contribution in [0.5, 0.6) is 0 Å². The number of hydrogen-bond acceptors (Lipinski definition) is 2. The monoisotopic (exact) mass is 391 g/mol. The number of aliphatic hydroxyl groups excluding tert-OH is 1. The molecule has 3 N–H and O–H groups in total. The quantitative estimate of drug-likeness (QED) is 0.793. The van der Waals surface area contributed by atoms with Crippen LogP contribution in [-0.4, -0.2) is 11.7 Å². The third-order valence-corrected chi connectivity index (χ3v) is 4.55. The molecule has 0 fully saturated rings. The zero-order chi connectivity index (χ0) is 15.6. The van der Waals surface area contributed by atoms with Crippen LogP contribution < -0.4 is 5.73 Å². The van der Waals surface area contributed by atoms with Crippen molar-refractivity contribution in [3.63, 3.8) is 0 Å². The van der Waals surface area contributed by atoms with Crippen molar-refractivity contribution in [2.75, 3.05) is 6.54 Å². The van der Waals surface area contributed by atoms with Crippen molar-refractivity contribution in [1.29, 1.82) is 0 Å². The van der Waals surface area contributed by atoms with E-state index in [1.165, 1.54) is 6.07 Å². The Morgan fingerprint density at radius 1 is 1.24 bits per heavy atom. The summed E-state index contributed by atoms with van der Waals surface area (Å²) in [6, 6.07) is 9.44. The molecule has 2 rings (SSSR count). The minimum atomic E-state index is -1.12. The van der Waals surface area contributed by atoms with Crippen molar-refractivity contribution < 1.29 is 9.50 Å². The van der Waals surface area contributed by atoms with E-state index in [9.17, 15) is 9.50 Å². The zero-order valence-electron chi connectivity index (χ0n) is 10.9. The standard InChI is InChI=1S/C15H13BrCl2FNO/c16-11-2-1-3-13(19)14(11)15(21)10(7-20)9-5-4-8(17)6-12(9)18/h1-6,10,15,21H,7,20H2. The maximum Gasteiger partial charge on any atom is 0.130 e. The van der Waals surface area contributed by atoms with Crippen LogP contribution in [0.1, 0.15) is 23.1 Å². The summed E-state index contributed by atoms with van der Waals surface area (Å²) in [7, 11) is 0. The third kappa shape index (κ3) is 3.58. The highest BCUT2D eigenvalue weighted by Crippen LogP contribution is 2.38. The zero-order valence-corrected chi connectivity index (χ0v) is 14.0. The van der Waals surface area contributed by atoms with Crippen LogP contribution >= 0.6 is 39.1 Å². The molecule has 6 heteroatoms. The summed E-state index contributed by atoms with van der Waals surface area (Å²) in [4.78, 5) is 0. The lowest BCUT2D eigenvalue weighted by molar-refractivity contribution is 0.142. The Hall–Kier alpha value is -0.650. The van der Waals surface area contributed by atoms with Crippen LogP contribution in [-0.2, 0) is 0 Å². The van der Waals surface area contributed by atoms with Crippen molar-refractivity contribution in [2.45, 2.75) is 12.0 Å². The topological polar surface area (TPSA) is 46.2 Å². The van der Waals surface area contributed by atoms with Gasteiger partial charge < -0.3 is 10.8 Å². The second kappa shape index (κ2) is 7.07. The summed E-state index contributed by atoms with van der Waals surface area (Å²) < 4.78 is 14.5. The van der Waals surface area contributed by atoms with Gasteiger partial charge in [-0.1, -0.05) is 51.3 Å². The Kier molecular flexibility index (Phi) is 5.63. The average molecular weight is 393 g/mol. The predicted octanol–water partition coefficient (Wildman–Crippen LogP) is 4.67. The van der Waals surface area contributed by atoms with Gasteiger partial charge in [0.25, 0.3) is 0 Å². The third-order valence-electron chi connectivity index (χ3n) is 3.29. The van der Waals surface area contributed by atoms with Crippen LogP contribution in [0.25, 0.3) is 0 Å². The summed E-state index contributed by atoms with van der Waals surface area (Å²) in [6.07, 6.45) is -1.12. The van der Waals surface area contributed by atoms with Gasteiger partial charge in [-0.3, -0.25) is 0 Å². The number of rotatable bonds is 4. The molecule has 2 nitrogen and oxygen atoms in total. The molecule has 0 heterocycles. The molecular weight excluding hydrogens is 380 g/mol. The van der Waals surface area contributed by atoms with E-state index in [1.54, 1.807) is 30.3 Å². The van der Waals surface area contributed by atoms with Crippen molar-refractivity contribution in [3.05, 3.63) is 67.9 Å². The molecule has 0 saturated carbocycles. The van der Waals surface area contributed by atoms with Crippen molar-refractivity contribution in [2.24, 2.45) is 5.73 Å². The SMILES string of the molecule is NCC(c1ccc(Cl)cc1Cl)C(O)c1c(F)cccc1Br. The molecule has 0 amide bonds. The first-order chi connectivity index (χ1) is 9.95. The highest BCUT2D eigenvalue weighted by atomic mass is 79.9. The van der Waals surface area contributed by atoms with Gasteiger partial charge in [-0.15, -0.1) is 0 Å². The van der Waals surface area contributed by atoms with Crippen LogP contribution in [0.2, 0.25) is 10.0 Å². The molecule has 2 atom stereocenters. The summed E-state index contributed by atoms with van der Waals surface area (Å²) in [5.41, 5.74) is 6.56. The number of hydrogen-bond donors (Lipinski definition) is 2. The molecule has 0 aliphatic carbocycles. The molecule has 2 aromatic carbocycles. The fourth-order valence-corrected chi connectivity index (χ4v) is 3.35. The first-order valence-corrected chi connectivity index (χ1v) is 7.77. The number of halogens is 4. The van der Waals surface area contributed by atoms with Crippen molar-refractivity contribution in [3.8, 4) is 0 Å². The van der Waals surface area contributed by atoms with Gasteiger partial charge in [0.15, 0.2) is 0 Å². The molecule has 0 bridgehead atoms. The first kappa shape index (κ1) is 16.7. The highest BCUT2D eigenvalue weighted by Gasteiger charge is 2.27. The molecular formula is C15H13BrCl2FNO. The molecule has 0 aliphatic heterocycles. The number of nitrogens with two attached hydrogens (primary N) is 1. The van der Waals surface area contributed by atoms with E-state index in [2.05, 4.69) is 15.9 Å². The van der Waals surface area contributed by atoms with E-state index in [0.717, 1.165) is 0 Å². The molecule has 0 radical (unpaired) electrons. The Balaban J connectivity index is 2.46. The first-order valence-electron chi connectivity index (χ1n) is 6.22. The van der Waals surface area contributed by atoms with Gasteiger partial charge in [0.1, 0.15) is 5.82 Å². The van der Waals surface area contributed by atoms with Crippen LogP contribution in [0.4, 0.5) is 4.39 Å². The molecule has 21 heavy (non-hydrogen) atoms. The number of benzene rings is 2. The Labute approximate surface area is 140 Å². The molecule has 0 spiro atoms. The minimum absolute atomic E-state index is 0.114. The molecule has 112 valence electrons. The smallest absolute Gasteiger partial charge is 0.130 e. The maximum atomic E-state index is 14.0. The van der Waals surface area contributed by atoms with Gasteiger partial charge in [-0.2, -0.15) is 0 Å². The lowest BCUT2D eigenvalue weighted by atomic mass is 9.89.